The molecule has 2 aliphatic heterocycles. The number of rotatable bonds is 6. The van der Waals surface area contributed by atoms with Crippen LogP contribution >= 0.6 is 0 Å². The van der Waals surface area contributed by atoms with Gasteiger partial charge in [0.05, 0.1) is 24.4 Å². The fraction of sp³-hybridized carbons (Fsp3) is 0.762. The zero-order valence-electron chi connectivity index (χ0n) is 15.8. The number of aldehydes is 1. The van der Waals surface area contributed by atoms with Gasteiger partial charge in [0, 0.05) is 6.42 Å². The Labute approximate surface area is 147 Å². The molecule has 2 aliphatic rings. The molecule has 0 radical (unpaired) electrons. The summed E-state index contributed by atoms with van der Waals surface area (Å²) in [5.41, 5.74) is 2.48. The molecule has 24 heavy (non-hydrogen) atoms. The average molecular weight is 335 g/mol. The van der Waals surface area contributed by atoms with Crippen molar-refractivity contribution in [2.45, 2.75) is 90.6 Å². The van der Waals surface area contributed by atoms with Crippen molar-refractivity contribution in [3.05, 3.63) is 24.3 Å². The van der Waals surface area contributed by atoms with E-state index in [1.807, 2.05) is 0 Å². The third kappa shape index (κ3) is 4.80. The van der Waals surface area contributed by atoms with Gasteiger partial charge in [-0.05, 0) is 54.6 Å². The van der Waals surface area contributed by atoms with Gasteiger partial charge in [-0.15, -0.1) is 0 Å². The van der Waals surface area contributed by atoms with Gasteiger partial charge >= 0.3 is 0 Å². The van der Waals surface area contributed by atoms with Crippen LogP contribution in [-0.4, -0.2) is 30.7 Å². The minimum Gasteiger partial charge on any atom is -0.370 e. The molecule has 0 spiro atoms. The maximum Gasteiger partial charge on any atom is 0.120 e. The van der Waals surface area contributed by atoms with Crippen LogP contribution in [0.15, 0.2) is 24.3 Å². The summed E-state index contributed by atoms with van der Waals surface area (Å²) < 4.78 is 12.5. The van der Waals surface area contributed by atoms with Gasteiger partial charge in [-0.25, -0.2) is 0 Å². The number of hydrogen-bond donors (Lipinski definition) is 0. The van der Waals surface area contributed by atoms with E-state index < -0.39 is 0 Å². The Balaban J connectivity index is 1.86. The fourth-order valence-corrected chi connectivity index (χ4v) is 3.92. The van der Waals surface area contributed by atoms with Crippen LogP contribution < -0.4 is 0 Å². The summed E-state index contributed by atoms with van der Waals surface area (Å²) in [5.74, 6) is 0.501. The molecule has 0 aromatic heterocycles. The third-order valence-electron chi connectivity index (χ3n) is 5.36. The SMILES string of the molecule is C=C1CC(CCC=O)OC1CC[C@H]1C[C@@H](C)C(=C)[C@@H](C(C)(C)C)O1. The maximum atomic E-state index is 10.5. The molecule has 0 aromatic rings. The Kier molecular flexibility index (Phi) is 6.44. The number of carbonyl (C=O) groups is 1. The molecule has 0 saturated carbocycles. The van der Waals surface area contributed by atoms with E-state index in [1.165, 1.54) is 11.1 Å². The van der Waals surface area contributed by atoms with Crippen LogP contribution in [0.25, 0.3) is 0 Å². The van der Waals surface area contributed by atoms with Crippen LogP contribution in [-0.2, 0) is 14.3 Å². The summed E-state index contributed by atoms with van der Waals surface area (Å²) in [6.45, 7) is 17.4. The first-order valence-electron chi connectivity index (χ1n) is 9.33. The second-order valence-electron chi connectivity index (χ2n) is 8.65. The quantitative estimate of drug-likeness (QED) is 0.514. The van der Waals surface area contributed by atoms with Crippen LogP contribution in [0.2, 0.25) is 0 Å². The summed E-state index contributed by atoms with van der Waals surface area (Å²) in [5, 5.41) is 0. The predicted octanol–water partition coefficient (Wildman–Crippen LogP) is 4.86. The zero-order valence-corrected chi connectivity index (χ0v) is 15.8. The zero-order chi connectivity index (χ0) is 17.9. The van der Waals surface area contributed by atoms with Crippen molar-refractivity contribution in [3.63, 3.8) is 0 Å². The molecule has 136 valence electrons. The summed E-state index contributed by atoms with van der Waals surface area (Å²) in [4.78, 5) is 10.5. The Bertz CT molecular complexity index is 474. The Morgan fingerprint density at radius 1 is 1.12 bits per heavy atom. The highest BCUT2D eigenvalue weighted by molar-refractivity contribution is 5.49. The first kappa shape index (κ1) is 19.4. The van der Waals surface area contributed by atoms with E-state index in [4.69, 9.17) is 9.47 Å². The molecule has 2 fully saturated rings. The van der Waals surface area contributed by atoms with Crippen molar-refractivity contribution in [3.8, 4) is 0 Å². The standard InChI is InChI=1S/C21H34O3/c1-14-12-18(24-20(16(14)3)21(4,5)6)9-10-19-15(2)13-17(23-19)8-7-11-22/h11,14,17-20H,2-3,7-10,12-13H2,1,4-6H3/t14-,17?,18+,19?,20+/m1/s1. The summed E-state index contributed by atoms with van der Waals surface area (Å²) >= 11 is 0. The second-order valence-corrected chi connectivity index (χ2v) is 8.65. The fourth-order valence-electron chi connectivity index (χ4n) is 3.92. The Morgan fingerprint density at radius 3 is 2.46 bits per heavy atom. The highest BCUT2D eigenvalue weighted by atomic mass is 16.5. The average Bonchev–Trinajstić information content (AvgIpc) is 2.85. The molecule has 3 heteroatoms. The lowest BCUT2D eigenvalue weighted by Crippen LogP contribution is -2.41. The van der Waals surface area contributed by atoms with Crippen LogP contribution in [0.4, 0.5) is 0 Å². The van der Waals surface area contributed by atoms with Crippen molar-refractivity contribution >= 4 is 6.29 Å². The lowest BCUT2D eigenvalue weighted by atomic mass is 9.76. The largest absolute Gasteiger partial charge is 0.370 e. The van der Waals surface area contributed by atoms with E-state index in [0.29, 0.717) is 12.3 Å². The van der Waals surface area contributed by atoms with Gasteiger partial charge in [-0.2, -0.15) is 0 Å². The van der Waals surface area contributed by atoms with E-state index in [2.05, 4.69) is 40.9 Å². The number of ether oxygens (including phenoxy) is 2. The van der Waals surface area contributed by atoms with Crippen molar-refractivity contribution < 1.29 is 14.3 Å². The Morgan fingerprint density at radius 2 is 1.83 bits per heavy atom. The van der Waals surface area contributed by atoms with E-state index in [0.717, 1.165) is 38.4 Å². The summed E-state index contributed by atoms with van der Waals surface area (Å²) in [7, 11) is 0. The molecule has 2 rings (SSSR count). The van der Waals surface area contributed by atoms with Gasteiger partial charge in [0.1, 0.15) is 6.29 Å². The van der Waals surface area contributed by atoms with Crippen molar-refractivity contribution in [1.29, 1.82) is 0 Å². The van der Waals surface area contributed by atoms with Gasteiger partial charge in [-0.1, -0.05) is 40.9 Å². The highest BCUT2D eigenvalue weighted by Gasteiger charge is 2.38. The monoisotopic (exact) mass is 334 g/mol. The van der Waals surface area contributed by atoms with Crippen molar-refractivity contribution in [2.24, 2.45) is 11.3 Å². The first-order chi connectivity index (χ1) is 11.2. The van der Waals surface area contributed by atoms with Gasteiger partial charge in [0.2, 0.25) is 0 Å². The molecular weight excluding hydrogens is 300 g/mol. The van der Waals surface area contributed by atoms with E-state index in [-0.39, 0.29) is 29.8 Å². The highest BCUT2D eigenvalue weighted by Crippen LogP contribution is 2.40. The molecular formula is C21H34O3. The molecule has 3 nitrogen and oxygen atoms in total. The molecule has 2 heterocycles. The van der Waals surface area contributed by atoms with Crippen LogP contribution in [0.5, 0.6) is 0 Å². The number of hydrogen-bond acceptors (Lipinski definition) is 3. The number of carbonyl (C=O) groups excluding carboxylic acids is 1. The van der Waals surface area contributed by atoms with Crippen LogP contribution in [0.1, 0.15) is 66.2 Å². The lowest BCUT2D eigenvalue weighted by Gasteiger charge is -2.42. The Hall–Kier alpha value is -0.930. The molecule has 5 atom stereocenters. The molecule has 0 bridgehead atoms. The van der Waals surface area contributed by atoms with Gasteiger partial charge in [0.15, 0.2) is 0 Å². The van der Waals surface area contributed by atoms with Gasteiger partial charge in [0.25, 0.3) is 0 Å². The molecule has 2 saturated heterocycles. The molecule has 2 unspecified atom stereocenters. The maximum absolute atomic E-state index is 10.5. The van der Waals surface area contributed by atoms with Crippen molar-refractivity contribution in [2.75, 3.05) is 0 Å². The second kappa shape index (κ2) is 7.97. The molecule has 0 amide bonds. The van der Waals surface area contributed by atoms with Crippen molar-refractivity contribution in [1.82, 2.24) is 0 Å². The summed E-state index contributed by atoms with van der Waals surface area (Å²) in [6, 6.07) is 0. The smallest absolute Gasteiger partial charge is 0.120 e. The van der Waals surface area contributed by atoms with Crippen LogP contribution in [0.3, 0.4) is 0 Å². The van der Waals surface area contributed by atoms with Crippen LogP contribution in [0, 0.1) is 11.3 Å². The molecule has 0 aliphatic carbocycles. The lowest BCUT2D eigenvalue weighted by molar-refractivity contribution is -0.108. The predicted molar refractivity (Wildman–Crippen MR) is 98.0 cm³/mol. The van der Waals surface area contributed by atoms with E-state index in [1.54, 1.807) is 0 Å². The first-order valence-corrected chi connectivity index (χ1v) is 9.33. The van der Waals surface area contributed by atoms with E-state index >= 15 is 0 Å². The van der Waals surface area contributed by atoms with Gasteiger partial charge < -0.3 is 14.3 Å². The third-order valence-corrected chi connectivity index (χ3v) is 5.36. The minimum absolute atomic E-state index is 0.0807. The molecule has 0 N–H and O–H groups in total. The minimum atomic E-state index is 0.0807. The normalized spacial score (nSPS) is 34.6. The topological polar surface area (TPSA) is 35.5 Å². The molecule has 0 aromatic carbocycles. The van der Waals surface area contributed by atoms with Gasteiger partial charge in [-0.3, -0.25) is 0 Å². The summed E-state index contributed by atoms with van der Waals surface area (Å²) in [6.07, 6.45) is 6.91. The van der Waals surface area contributed by atoms with E-state index in [9.17, 15) is 4.79 Å².